The Labute approximate surface area is 159 Å². The number of likely N-dealkylation sites (tertiary alicyclic amines) is 1. The van der Waals surface area contributed by atoms with Crippen LogP contribution in [0.5, 0.6) is 5.75 Å². The highest BCUT2D eigenvalue weighted by molar-refractivity contribution is 5.90. The van der Waals surface area contributed by atoms with E-state index in [9.17, 15) is 14.3 Å². The van der Waals surface area contributed by atoms with Crippen molar-refractivity contribution in [1.82, 2.24) is 4.90 Å². The van der Waals surface area contributed by atoms with Crippen molar-refractivity contribution in [3.05, 3.63) is 65.5 Å². The summed E-state index contributed by atoms with van der Waals surface area (Å²) in [5.74, 6) is -0.785. The minimum atomic E-state index is -0.985. The zero-order chi connectivity index (χ0) is 17.6. The van der Waals surface area contributed by atoms with Crippen LogP contribution in [0.3, 0.4) is 0 Å². The topological polar surface area (TPSA) is 49.8 Å². The van der Waals surface area contributed by atoms with E-state index in [0.717, 1.165) is 37.9 Å². The molecule has 1 atom stereocenters. The largest absolute Gasteiger partial charge is 0.491 e. The van der Waals surface area contributed by atoms with Gasteiger partial charge in [0.2, 0.25) is 0 Å². The van der Waals surface area contributed by atoms with Gasteiger partial charge in [-0.2, -0.15) is 0 Å². The Balaban J connectivity index is 0.00000243. The Morgan fingerprint density at radius 1 is 1.23 bits per heavy atom. The summed E-state index contributed by atoms with van der Waals surface area (Å²) in [6.45, 7) is 2.15. The lowest BCUT2D eigenvalue weighted by Crippen LogP contribution is -2.34. The summed E-state index contributed by atoms with van der Waals surface area (Å²) in [4.78, 5) is 13.5. The van der Waals surface area contributed by atoms with Crippen LogP contribution in [0.4, 0.5) is 4.39 Å². The highest BCUT2D eigenvalue weighted by Crippen LogP contribution is 2.22. The number of carbonyl (C=O) groups is 1. The minimum absolute atomic E-state index is 0. The quantitative estimate of drug-likeness (QED) is 0.789. The molecule has 26 heavy (non-hydrogen) atoms. The average Bonchev–Trinajstić information content (AvgIpc) is 3.02. The molecule has 0 spiro atoms. The Morgan fingerprint density at radius 2 is 2.04 bits per heavy atom. The van der Waals surface area contributed by atoms with Gasteiger partial charge in [-0.1, -0.05) is 24.3 Å². The molecule has 1 aliphatic rings. The summed E-state index contributed by atoms with van der Waals surface area (Å²) in [6, 6.07) is 13.8. The Morgan fingerprint density at radius 3 is 2.81 bits per heavy atom. The summed E-state index contributed by atoms with van der Waals surface area (Å²) in [5.41, 5.74) is 1.19. The predicted molar refractivity (Wildman–Crippen MR) is 101 cm³/mol. The second-order valence-corrected chi connectivity index (χ2v) is 6.32. The molecule has 3 rings (SSSR count). The van der Waals surface area contributed by atoms with Crippen molar-refractivity contribution in [1.29, 1.82) is 0 Å². The molecular weight excluding hydrogens is 357 g/mol. The molecule has 1 aliphatic heterocycles. The summed E-state index contributed by atoms with van der Waals surface area (Å²) >= 11 is 0. The number of hydrogen-bond acceptors (Lipinski definition) is 3. The molecule has 0 radical (unpaired) electrons. The van der Waals surface area contributed by atoms with Crippen LogP contribution in [-0.4, -0.2) is 41.7 Å². The minimum Gasteiger partial charge on any atom is -0.491 e. The predicted octanol–water partition coefficient (Wildman–Crippen LogP) is 4.03. The van der Waals surface area contributed by atoms with Gasteiger partial charge in [0, 0.05) is 12.6 Å². The molecule has 0 saturated carbocycles. The van der Waals surface area contributed by atoms with E-state index in [1.165, 1.54) is 6.07 Å². The standard InChI is InChI=1S/C20H22FNO3.ClH/c21-16-6-3-5-15(13-16)14-17-7-4-10-22(17)11-12-25-19-9-2-1-8-18(19)20(23)24;/h1-3,5-6,8-9,13,17H,4,7,10-12,14H2,(H,23,24);1H. The van der Waals surface area contributed by atoms with E-state index in [4.69, 9.17) is 4.74 Å². The Bertz CT molecular complexity index is 741. The van der Waals surface area contributed by atoms with Crippen molar-refractivity contribution < 1.29 is 19.0 Å². The van der Waals surface area contributed by atoms with Gasteiger partial charge in [0.1, 0.15) is 23.7 Å². The van der Waals surface area contributed by atoms with Crippen molar-refractivity contribution in [3.63, 3.8) is 0 Å². The smallest absolute Gasteiger partial charge is 0.339 e. The van der Waals surface area contributed by atoms with E-state index in [1.54, 1.807) is 36.4 Å². The zero-order valence-corrected chi connectivity index (χ0v) is 15.3. The summed E-state index contributed by atoms with van der Waals surface area (Å²) < 4.78 is 19.0. The molecule has 4 nitrogen and oxygen atoms in total. The highest BCUT2D eigenvalue weighted by atomic mass is 35.5. The molecule has 0 bridgehead atoms. The van der Waals surface area contributed by atoms with Gasteiger partial charge in [-0.05, 0) is 55.6 Å². The number of halogens is 2. The third kappa shape index (κ3) is 5.19. The molecule has 1 N–H and O–H groups in total. The lowest BCUT2D eigenvalue weighted by Gasteiger charge is -2.24. The summed E-state index contributed by atoms with van der Waals surface area (Å²) in [7, 11) is 0. The lowest BCUT2D eigenvalue weighted by atomic mass is 10.0. The molecule has 1 fully saturated rings. The molecular formula is C20H23ClFNO3. The molecule has 1 saturated heterocycles. The van der Waals surface area contributed by atoms with E-state index in [-0.39, 0.29) is 23.8 Å². The van der Waals surface area contributed by atoms with Gasteiger partial charge in [0.25, 0.3) is 0 Å². The fourth-order valence-electron chi connectivity index (χ4n) is 3.40. The first-order chi connectivity index (χ1) is 12.1. The summed E-state index contributed by atoms with van der Waals surface area (Å²) in [5, 5.41) is 9.18. The number of para-hydroxylation sites is 1. The van der Waals surface area contributed by atoms with E-state index in [2.05, 4.69) is 4.90 Å². The molecule has 0 aromatic heterocycles. The Kier molecular flexibility index (Phi) is 7.42. The van der Waals surface area contributed by atoms with E-state index in [1.807, 2.05) is 6.07 Å². The molecule has 6 heteroatoms. The Hall–Kier alpha value is -2.11. The second kappa shape index (κ2) is 9.55. The average molecular weight is 380 g/mol. The maximum absolute atomic E-state index is 13.4. The van der Waals surface area contributed by atoms with Crippen molar-refractivity contribution in [2.75, 3.05) is 19.7 Å². The summed E-state index contributed by atoms with van der Waals surface area (Å²) in [6.07, 6.45) is 3.03. The van der Waals surface area contributed by atoms with Crippen molar-refractivity contribution in [2.24, 2.45) is 0 Å². The number of nitrogens with zero attached hydrogens (tertiary/aromatic N) is 1. The molecule has 2 aromatic carbocycles. The monoisotopic (exact) mass is 379 g/mol. The third-order valence-electron chi connectivity index (χ3n) is 4.61. The zero-order valence-electron chi connectivity index (χ0n) is 14.4. The molecule has 1 heterocycles. The number of rotatable bonds is 7. The molecule has 0 amide bonds. The lowest BCUT2D eigenvalue weighted by molar-refractivity contribution is 0.0691. The van der Waals surface area contributed by atoms with Crippen LogP contribution in [0.2, 0.25) is 0 Å². The number of ether oxygens (including phenoxy) is 1. The van der Waals surface area contributed by atoms with Crippen molar-refractivity contribution >= 4 is 18.4 Å². The number of aromatic carboxylic acids is 1. The SMILES string of the molecule is Cl.O=C(O)c1ccccc1OCCN1CCCC1Cc1cccc(F)c1. The third-order valence-corrected chi connectivity index (χ3v) is 4.61. The van der Waals surface area contributed by atoms with Crippen LogP contribution < -0.4 is 4.74 Å². The molecule has 1 unspecified atom stereocenters. The van der Waals surface area contributed by atoms with Crippen LogP contribution in [0.25, 0.3) is 0 Å². The van der Waals surface area contributed by atoms with Gasteiger partial charge >= 0.3 is 5.97 Å². The normalized spacial score (nSPS) is 16.9. The first kappa shape index (κ1) is 20.2. The molecule has 140 valence electrons. The first-order valence-electron chi connectivity index (χ1n) is 8.57. The van der Waals surface area contributed by atoms with Gasteiger partial charge < -0.3 is 9.84 Å². The van der Waals surface area contributed by atoms with E-state index < -0.39 is 5.97 Å². The van der Waals surface area contributed by atoms with Crippen LogP contribution in [0, 0.1) is 5.82 Å². The van der Waals surface area contributed by atoms with E-state index in [0.29, 0.717) is 18.4 Å². The maximum Gasteiger partial charge on any atom is 0.339 e. The van der Waals surface area contributed by atoms with Gasteiger partial charge in [0.15, 0.2) is 0 Å². The van der Waals surface area contributed by atoms with Crippen LogP contribution in [0.1, 0.15) is 28.8 Å². The van der Waals surface area contributed by atoms with Crippen molar-refractivity contribution in [3.8, 4) is 5.75 Å². The first-order valence-corrected chi connectivity index (χ1v) is 8.57. The van der Waals surface area contributed by atoms with Gasteiger partial charge in [-0.25, -0.2) is 9.18 Å². The molecule has 2 aromatic rings. The van der Waals surface area contributed by atoms with Crippen molar-refractivity contribution in [2.45, 2.75) is 25.3 Å². The highest BCUT2D eigenvalue weighted by Gasteiger charge is 2.24. The number of carboxylic acids is 1. The fraction of sp³-hybridized carbons (Fsp3) is 0.350. The maximum atomic E-state index is 13.4. The van der Waals surface area contributed by atoms with Gasteiger partial charge in [0.05, 0.1) is 0 Å². The fourth-order valence-corrected chi connectivity index (χ4v) is 3.40. The van der Waals surface area contributed by atoms with Gasteiger partial charge in [-0.3, -0.25) is 4.90 Å². The van der Waals surface area contributed by atoms with E-state index >= 15 is 0 Å². The second-order valence-electron chi connectivity index (χ2n) is 6.32. The van der Waals surface area contributed by atoms with Crippen LogP contribution >= 0.6 is 12.4 Å². The van der Waals surface area contributed by atoms with Crippen LogP contribution in [0.15, 0.2) is 48.5 Å². The number of carboxylic acid groups (broad SMARTS) is 1. The number of hydrogen-bond donors (Lipinski definition) is 1. The van der Waals surface area contributed by atoms with Gasteiger partial charge in [-0.15, -0.1) is 12.4 Å². The molecule has 0 aliphatic carbocycles. The van der Waals surface area contributed by atoms with Crippen LogP contribution in [-0.2, 0) is 6.42 Å². The number of benzene rings is 2.